The number of halogens is 1. The average molecular weight is 287 g/mol. The quantitative estimate of drug-likeness (QED) is 0.632. The number of esters is 1. The number of carbonyl (C=O) groups is 1. The molecule has 0 aliphatic carbocycles. The fraction of sp³-hybridized carbons (Fsp3) is 0.364. The molecule has 1 aromatic rings. The standard InChI is InChI=1S/C11H11BrO4/c1-2-14-11(13)10(12)7-3-4-8-9(5-7)16-6-15-8/h3-5,10H,2,6H2,1H3/t10-/m0/s1. The minimum absolute atomic E-state index is 0.227. The van der Waals surface area contributed by atoms with E-state index < -0.39 is 4.83 Å². The van der Waals surface area contributed by atoms with Crippen molar-refractivity contribution in [3.05, 3.63) is 23.8 Å². The lowest BCUT2D eigenvalue weighted by Gasteiger charge is -2.09. The molecule has 1 aliphatic rings. The molecule has 0 saturated carbocycles. The van der Waals surface area contributed by atoms with Crippen LogP contribution >= 0.6 is 15.9 Å². The number of carbonyl (C=O) groups excluding carboxylic acids is 1. The van der Waals surface area contributed by atoms with Crippen LogP contribution in [0.2, 0.25) is 0 Å². The largest absolute Gasteiger partial charge is 0.465 e. The highest BCUT2D eigenvalue weighted by Crippen LogP contribution is 2.36. The summed E-state index contributed by atoms with van der Waals surface area (Å²) in [6.07, 6.45) is 0. The summed E-state index contributed by atoms with van der Waals surface area (Å²) in [5, 5.41) is 0. The number of hydrogen-bond acceptors (Lipinski definition) is 4. The van der Waals surface area contributed by atoms with E-state index in [1.54, 1.807) is 19.1 Å². The third kappa shape index (κ3) is 2.14. The molecular weight excluding hydrogens is 276 g/mol. The van der Waals surface area contributed by atoms with Gasteiger partial charge in [0.05, 0.1) is 6.61 Å². The van der Waals surface area contributed by atoms with Crippen molar-refractivity contribution in [3.8, 4) is 11.5 Å². The molecule has 16 heavy (non-hydrogen) atoms. The van der Waals surface area contributed by atoms with Crippen LogP contribution in [0.5, 0.6) is 11.5 Å². The molecule has 0 fully saturated rings. The first kappa shape index (κ1) is 11.3. The summed E-state index contributed by atoms with van der Waals surface area (Å²) in [5.41, 5.74) is 0.794. The highest BCUT2D eigenvalue weighted by atomic mass is 79.9. The lowest BCUT2D eigenvalue weighted by molar-refractivity contribution is -0.142. The molecule has 0 bridgehead atoms. The van der Waals surface area contributed by atoms with Crippen LogP contribution in [0, 0.1) is 0 Å². The Bertz CT molecular complexity index is 405. The molecule has 2 rings (SSSR count). The third-order valence-corrected chi connectivity index (χ3v) is 3.09. The molecule has 86 valence electrons. The summed E-state index contributed by atoms with van der Waals surface area (Å²) >= 11 is 3.29. The Morgan fingerprint density at radius 2 is 2.25 bits per heavy atom. The van der Waals surface area contributed by atoms with Crippen LogP contribution in [0.4, 0.5) is 0 Å². The van der Waals surface area contributed by atoms with Crippen molar-refractivity contribution in [2.24, 2.45) is 0 Å². The van der Waals surface area contributed by atoms with E-state index in [0.717, 1.165) is 5.56 Å². The predicted molar refractivity (Wildman–Crippen MR) is 60.9 cm³/mol. The van der Waals surface area contributed by atoms with Gasteiger partial charge in [-0.05, 0) is 24.6 Å². The molecule has 0 amide bonds. The zero-order valence-corrected chi connectivity index (χ0v) is 10.3. The summed E-state index contributed by atoms with van der Waals surface area (Å²) in [6, 6.07) is 5.37. The average Bonchev–Trinajstić information content (AvgIpc) is 2.75. The van der Waals surface area contributed by atoms with Gasteiger partial charge in [0, 0.05) is 0 Å². The Labute approximate surface area is 102 Å². The monoisotopic (exact) mass is 286 g/mol. The second kappa shape index (κ2) is 4.74. The number of alkyl halides is 1. The SMILES string of the molecule is CCOC(=O)[C@@H](Br)c1ccc2c(c1)OCO2. The molecule has 1 aliphatic heterocycles. The fourth-order valence-electron chi connectivity index (χ4n) is 1.42. The molecule has 0 spiro atoms. The number of rotatable bonds is 3. The Hall–Kier alpha value is -1.23. The van der Waals surface area contributed by atoms with Crippen LogP contribution in [-0.4, -0.2) is 19.4 Å². The number of fused-ring (bicyclic) bond motifs is 1. The molecule has 0 unspecified atom stereocenters. The Morgan fingerprint density at radius 1 is 1.50 bits per heavy atom. The van der Waals surface area contributed by atoms with Crippen LogP contribution in [-0.2, 0) is 9.53 Å². The molecule has 1 heterocycles. The minimum atomic E-state index is -0.470. The van der Waals surface area contributed by atoms with E-state index in [0.29, 0.717) is 18.1 Å². The topological polar surface area (TPSA) is 44.8 Å². The fourth-order valence-corrected chi connectivity index (χ4v) is 1.84. The highest BCUT2D eigenvalue weighted by molar-refractivity contribution is 9.09. The number of ether oxygens (including phenoxy) is 3. The van der Waals surface area contributed by atoms with Crippen molar-refractivity contribution in [2.75, 3.05) is 13.4 Å². The Morgan fingerprint density at radius 3 is 3.00 bits per heavy atom. The lowest BCUT2D eigenvalue weighted by atomic mass is 10.1. The zero-order valence-electron chi connectivity index (χ0n) is 8.73. The Kier molecular flexibility index (Phi) is 3.33. The number of hydrogen-bond donors (Lipinski definition) is 0. The van der Waals surface area contributed by atoms with Gasteiger partial charge in [0.1, 0.15) is 4.83 Å². The van der Waals surface area contributed by atoms with Gasteiger partial charge >= 0.3 is 5.97 Å². The van der Waals surface area contributed by atoms with Crippen LogP contribution in [0.3, 0.4) is 0 Å². The third-order valence-electron chi connectivity index (χ3n) is 2.18. The smallest absolute Gasteiger partial charge is 0.324 e. The zero-order chi connectivity index (χ0) is 11.5. The summed E-state index contributed by atoms with van der Waals surface area (Å²) in [5.74, 6) is 1.06. The van der Waals surface area contributed by atoms with Crippen molar-refractivity contribution in [1.82, 2.24) is 0 Å². The van der Waals surface area contributed by atoms with Crippen molar-refractivity contribution < 1.29 is 19.0 Å². The molecule has 0 saturated heterocycles. The first-order valence-corrected chi connectivity index (χ1v) is 5.84. The van der Waals surface area contributed by atoms with E-state index in [1.807, 2.05) is 6.07 Å². The maximum atomic E-state index is 11.5. The van der Waals surface area contributed by atoms with Crippen LogP contribution in [0.15, 0.2) is 18.2 Å². The highest BCUT2D eigenvalue weighted by Gasteiger charge is 2.21. The van der Waals surface area contributed by atoms with E-state index in [-0.39, 0.29) is 12.8 Å². The van der Waals surface area contributed by atoms with Crippen molar-refractivity contribution in [1.29, 1.82) is 0 Å². The molecule has 1 atom stereocenters. The first-order chi connectivity index (χ1) is 7.72. The lowest BCUT2D eigenvalue weighted by Crippen LogP contribution is -2.10. The van der Waals surface area contributed by atoms with Crippen LogP contribution in [0.25, 0.3) is 0 Å². The summed E-state index contributed by atoms with van der Waals surface area (Å²) < 4.78 is 15.3. The van der Waals surface area contributed by atoms with Gasteiger partial charge in [-0.2, -0.15) is 0 Å². The van der Waals surface area contributed by atoms with Gasteiger partial charge < -0.3 is 14.2 Å². The summed E-state index contributed by atoms with van der Waals surface area (Å²) in [4.78, 5) is 11.0. The van der Waals surface area contributed by atoms with E-state index in [2.05, 4.69) is 15.9 Å². The number of benzene rings is 1. The van der Waals surface area contributed by atoms with Gasteiger partial charge in [-0.25, -0.2) is 0 Å². The second-order valence-electron chi connectivity index (χ2n) is 3.23. The van der Waals surface area contributed by atoms with Crippen molar-refractivity contribution >= 4 is 21.9 Å². The molecule has 1 aromatic carbocycles. The van der Waals surface area contributed by atoms with Crippen molar-refractivity contribution in [2.45, 2.75) is 11.8 Å². The van der Waals surface area contributed by atoms with E-state index >= 15 is 0 Å². The predicted octanol–water partition coefficient (Wildman–Crippen LogP) is 2.41. The van der Waals surface area contributed by atoms with E-state index in [9.17, 15) is 4.79 Å². The molecule has 5 heteroatoms. The maximum absolute atomic E-state index is 11.5. The molecule has 0 radical (unpaired) electrons. The molecular formula is C11H11BrO4. The molecule has 0 aromatic heterocycles. The minimum Gasteiger partial charge on any atom is -0.465 e. The summed E-state index contributed by atoms with van der Waals surface area (Å²) in [7, 11) is 0. The van der Waals surface area contributed by atoms with Gasteiger partial charge in [-0.15, -0.1) is 0 Å². The normalized spacial score (nSPS) is 14.6. The van der Waals surface area contributed by atoms with Gasteiger partial charge in [-0.1, -0.05) is 22.0 Å². The molecule has 4 nitrogen and oxygen atoms in total. The first-order valence-electron chi connectivity index (χ1n) is 4.92. The van der Waals surface area contributed by atoms with Gasteiger partial charge in [-0.3, -0.25) is 4.79 Å². The van der Waals surface area contributed by atoms with E-state index in [4.69, 9.17) is 14.2 Å². The molecule has 0 N–H and O–H groups in total. The van der Waals surface area contributed by atoms with Crippen molar-refractivity contribution in [3.63, 3.8) is 0 Å². The van der Waals surface area contributed by atoms with Crippen LogP contribution in [0.1, 0.15) is 17.3 Å². The van der Waals surface area contributed by atoms with Gasteiger partial charge in [0.15, 0.2) is 11.5 Å². The van der Waals surface area contributed by atoms with Gasteiger partial charge in [0.2, 0.25) is 6.79 Å². The maximum Gasteiger partial charge on any atom is 0.324 e. The van der Waals surface area contributed by atoms with Gasteiger partial charge in [0.25, 0.3) is 0 Å². The van der Waals surface area contributed by atoms with Crippen LogP contribution < -0.4 is 9.47 Å². The Balaban J connectivity index is 2.18. The van der Waals surface area contributed by atoms with E-state index in [1.165, 1.54) is 0 Å². The second-order valence-corrected chi connectivity index (χ2v) is 4.14. The summed E-state index contributed by atoms with van der Waals surface area (Å²) in [6.45, 7) is 2.37.